The maximum atomic E-state index is 5.90. The molecular weight excluding hydrogens is 288 g/mol. The van der Waals surface area contributed by atoms with Crippen LogP contribution in [-0.2, 0) is 4.74 Å². The van der Waals surface area contributed by atoms with Crippen LogP contribution in [0.25, 0.3) is 0 Å². The summed E-state index contributed by atoms with van der Waals surface area (Å²) < 4.78 is 5.90. The average molecular weight is 325 g/mol. The minimum atomic E-state index is 0.526. The van der Waals surface area contributed by atoms with E-state index >= 15 is 0 Å². The normalized spacial score (nSPS) is 22.0. The Morgan fingerprint density at radius 1 is 1.17 bits per heavy atom. The van der Waals surface area contributed by atoms with Gasteiger partial charge in [-0.1, -0.05) is 12.8 Å². The first-order chi connectivity index (χ1) is 11.2. The second-order valence-corrected chi connectivity index (χ2v) is 7.18. The van der Waals surface area contributed by atoms with Crippen LogP contribution in [0, 0.1) is 0 Å². The number of rotatable bonds is 7. The van der Waals surface area contributed by atoms with Gasteiger partial charge in [0.25, 0.3) is 0 Å². The van der Waals surface area contributed by atoms with Crippen LogP contribution in [-0.4, -0.2) is 62.3 Å². The fourth-order valence-corrected chi connectivity index (χ4v) is 3.53. The van der Waals surface area contributed by atoms with E-state index in [-0.39, 0.29) is 0 Å². The van der Waals surface area contributed by atoms with E-state index in [1.807, 2.05) is 7.05 Å². The second kappa shape index (κ2) is 10.1. The van der Waals surface area contributed by atoms with E-state index in [2.05, 4.69) is 34.4 Å². The highest BCUT2D eigenvalue weighted by Crippen LogP contribution is 2.20. The number of hydrogen-bond donors (Lipinski definition) is 2. The predicted octanol–water partition coefficient (Wildman–Crippen LogP) is 2.37. The van der Waals surface area contributed by atoms with Crippen molar-refractivity contribution < 1.29 is 4.74 Å². The van der Waals surface area contributed by atoms with E-state index in [1.165, 1.54) is 51.6 Å². The minimum absolute atomic E-state index is 0.526. The van der Waals surface area contributed by atoms with Crippen LogP contribution in [0.4, 0.5) is 0 Å². The molecule has 1 saturated carbocycles. The molecule has 0 amide bonds. The summed E-state index contributed by atoms with van der Waals surface area (Å²) in [6.07, 6.45) is 9.16. The van der Waals surface area contributed by atoms with Gasteiger partial charge in [0.2, 0.25) is 0 Å². The van der Waals surface area contributed by atoms with Gasteiger partial charge in [0.15, 0.2) is 5.96 Å². The summed E-state index contributed by atoms with van der Waals surface area (Å²) in [6.45, 7) is 8.71. The van der Waals surface area contributed by atoms with Gasteiger partial charge in [-0.05, 0) is 46.0 Å². The third-order valence-electron chi connectivity index (χ3n) is 5.09. The Morgan fingerprint density at radius 2 is 1.87 bits per heavy atom. The zero-order valence-corrected chi connectivity index (χ0v) is 15.3. The molecule has 0 aromatic carbocycles. The SMILES string of the molecule is CN=C(NCCCOC1CCCC1)NC1CCN(C(C)C)CC1. The first-order valence-corrected chi connectivity index (χ1v) is 9.52. The number of ether oxygens (including phenoxy) is 1. The summed E-state index contributed by atoms with van der Waals surface area (Å²) in [6, 6.07) is 1.21. The van der Waals surface area contributed by atoms with Gasteiger partial charge in [-0.2, -0.15) is 0 Å². The van der Waals surface area contributed by atoms with Crippen molar-refractivity contribution in [2.24, 2.45) is 4.99 Å². The van der Waals surface area contributed by atoms with Gasteiger partial charge in [0.05, 0.1) is 6.10 Å². The molecule has 1 saturated heterocycles. The van der Waals surface area contributed by atoms with Crippen LogP contribution in [0.5, 0.6) is 0 Å². The molecule has 2 N–H and O–H groups in total. The Kier molecular flexibility index (Phi) is 8.17. The topological polar surface area (TPSA) is 48.9 Å². The molecule has 2 aliphatic rings. The quantitative estimate of drug-likeness (QED) is 0.429. The number of guanidine groups is 1. The van der Waals surface area contributed by atoms with Gasteiger partial charge in [0.1, 0.15) is 0 Å². The number of likely N-dealkylation sites (tertiary alicyclic amines) is 1. The van der Waals surface area contributed by atoms with Crippen molar-refractivity contribution in [3.05, 3.63) is 0 Å². The molecule has 1 heterocycles. The average Bonchev–Trinajstić information content (AvgIpc) is 3.07. The number of aliphatic imine (C=N–C) groups is 1. The lowest BCUT2D eigenvalue weighted by Crippen LogP contribution is -2.50. The van der Waals surface area contributed by atoms with Gasteiger partial charge in [-0.3, -0.25) is 4.99 Å². The van der Waals surface area contributed by atoms with E-state index in [4.69, 9.17) is 4.74 Å². The highest BCUT2D eigenvalue weighted by atomic mass is 16.5. The summed E-state index contributed by atoms with van der Waals surface area (Å²) >= 11 is 0. The molecule has 5 heteroatoms. The highest BCUT2D eigenvalue weighted by Gasteiger charge is 2.21. The van der Waals surface area contributed by atoms with Crippen molar-refractivity contribution in [2.75, 3.05) is 33.3 Å². The Morgan fingerprint density at radius 3 is 2.48 bits per heavy atom. The van der Waals surface area contributed by atoms with E-state index in [0.717, 1.165) is 25.5 Å². The van der Waals surface area contributed by atoms with E-state index < -0.39 is 0 Å². The maximum Gasteiger partial charge on any atom is 0.191 e. The van der Waals surface area contributed by atoms with E-state index in [9.17, 15) is 0 Å². The molecule has 23 heavy (non-hydrogen) atoms. The Hall–Kier alpha value is -0.810. The molecule has 2 fully saturated rings. The lowest BCUT2D eigenvalue weighted by atomic mass is 10.0. The fraction of sp³-hybridized carbons (Fsp3) is 0.944. The van der Waals surface area contributed by atoms with E-state index in [1.54, 1.807) is 0 Å². The van der Waals surface area contributed by atoms with Gasteiger partial charge in [-0.25, -0.2) is 0 Å². The maximum absolute atomic E-state index is 5.90. The van der Waals surface area contributed by atoms with Crippen LogP contribution in [0.15, 0.2) is 4.99 Å². The fourth-order valence-electron chi connectivity index (χ4n) is 3.53. The van der Waals surface area contributed by atoms with Crippen LogP contribution in [0.1, 0.15) is 58.8 Å². The Balaban J connectivity index is 1.55. The Labute approximate surface area is 142 Å². The summed E-state index contributed by atoms with van der Waals surface area (Å²) in [5, 5.41) is 6.99. The third kappa shape index (κ3) is 6.68. The number of piperidine rings is 1. The number of nitrogens with zero attached hydrogens (tertiary/aromatic N) is 2. The molecule has 0 radical (unpaired) electrons. The number of hydrogen-bond acceptors (Lipinski definition) is 3. The van der Waals surface area contributed by atoms with Gasteiger partial charge in [-0.15, -0.1) is 0 Å². The molecule has 0 aromatic rings. The summed E-state index contributed by atoms with van der Waals surface area (Å²) in [4.78, 5) is 6.90. The molecule has 2 rings (SSSR count). The summed E-state index contributed by atoms with van der Waals surface area (Å²) in [5.74, 6) is 0.939. The van der Waals surface area contributed by atoms with E-state index in [0.29, 0.717) is 18.2 Å². The van der Waals surface area contributed by atoms with Gasteiger partial charge < -0.3 is 20.3 Å². The second-order valence-electron chi connectivity index (χ2n) is 7.18. The molecule has 0 atom stereocenters. The van der Waals surface area contributed by atoms with Crippen LogP contribution in [0.2, 0.25) is 0 Å². The van der Waals surface area contributed by atoms with Crippen molar-refractivity contribution in [1.82, 2.24) is 15.5 Å². The van der Waals surface area contributed by atoms with Crippen molar-refractivity contribution in [1.29, 1.82) is 0 Å². The highest BCUT2D eigenvalue weighted by molar-refractivity contribution is 5.79. The standard InChI is InChI=1S/C18H36N4O/c1-15(2)22-12-9-16(10-13-22)21-18(19-3)20-11-6-14-23-17-7-4-5-8-17/h15-17H,4-14H2,1-3H3,(H2,19,20,21). The molecule has 5 nitrogen and oxygen atoms in total. The van der Waals surface area contributed by atoms with Crippen LogP contribution >= 0.6 is 0 Å². The van der Waals surface area contributed by atoms with Crippen molar-refractivity contribution >= 4 is 5.96 Å². The molecule has 0 unspecified atom stereocenters. The smallest absolute Gasteiger partial charge is 0.191 e. The molecular formula is C18H36N4O. The molecule has 1 aliphatic heterocycles. The molecule has 0 spiro atoms. The molecule has 0 aromatic heterocycles. The van der Waals surface area contributed by atoms with Crippen LogP contribution < -0.4 is 10.6 Å². The van der Waals surface area contributed by atoms with Crippen LogP contribution in [0.3, 0.4) is 0 Å². The first kappa shape index (κ1) is 18.5. The Bertz CT molecular complexity index is 345. The lowest BCUT2D eigenvalue weighted by molar-refractivity contribution is 0.0574. The zero-order valence-electron chi connectivity index (χ0n) is 15.3. The molecule has 0 bridgehead atoms. The summed E-state index contributed by atoms with van der Waals surface area (Å²) in [5.41, 5.74) is 0. The van der Waals surface area contributed by atoms with Crippen molar-refractivity contribution in [3.63, 3.8) is 0 Å². The summed E-state index contributed by atoms with van der Waals surface area (Å²) in [7, 11) is 1.85. The van der Waals surface area contributed by atoms with Gasteiger partial charge >= 0.3 is 0 Å². The minimum Gasteiger partial charge on any atom is -0.378 e. The monoisotopic (exact) mass is 324 g/mol. The van der Waals surface area contributed by atoms with Crippen molar-refractivity contribution in [3.8, 4) is 0 Å². The van der Waals surface area contributed by atoms with Gasteiger partial charge in [0, 0.05) is 45.4 Å². The third-order valence-corrected chi connectivity index (χ3v) is 5.09. The largest absolute Gasteiger partial charge is 0.378 e. The zero-order chi connectivity index (χ0) is 16.5. The lowest BCUT2D eigenvalue weighted by Gasteiger charge is -2.35. The molecule has 134 valence electrons. The molecule has 1 aliphatic carbocycles. The predicted molar refractivity (Wildman–Crippen MR) is 97.1 cm³/mol. The number of nitrogens with one attached hydrogen (secondary N) is 2. The van der Waals surface area contributed by atoms with Crippen molar-refractivity contribution in [2.45, 2.75) is 77.0 Å². The first-order valence-electron chi connectivity index (χ1n) is 9.52.